The predicted molar refractivity (Wildman–Crippen MR) is 103 cm³/mol. The van der Waals surface area contributed by atoms with Gasteiger partial charge in [0.05, 0.1) is 17.1 Å². The molecule has 27 heavy (non-hydrogen) atoms. The third-order valence-electron chi connectivity index (χ3n) is 3.66. The van der Waals surface area contributed by atoms with Crippen molar-refractivity contribution in [3.8, 4) is 0 Å². The van der Waals surface area contributed by atoms with Gasteiger partial charge in [-0.15, -0.1) is 9.24 Å². The molecule has 0 bridgehead atoms. The van der Waals surface area contributed by atoms with E-state index in [0.717, 1.165) is 23.5 Å². The summed E-state index contributed by atoms with van der Waals surface area (Å²) < 4.78 is 50.9. The van der Waals surface area contributed by atoms with Gasteiger partial charge in [0.15, 0.2) is 0 Å². The lowest BCUT2D eigenvalue weighted by Gasteiger charge is -2.09. The fourth-order valence-corrected chi connectivity index (χ4v) is 2.69. The van der Waals surface area contributed by atoms with Crippen molar-refractivity contribution in [2.75, 3.05) is 5.73 Å². The molecule has 0 amide bonds. The lowest BCUT2D eigenvalue weighted by molar-refractivity contribution is -0.137. The molecule has 0 aliphatic heterocycles. The van der Waals surface area contributed by atoms with E-state index in [4.69, 9.17) is 17.3 Å². The molecular formula is C18H17ClF4N3P. The second-order valence-corrected chi connectivity index (χ2v) is 6.76. The highest BCUT2D eigenvalue weighted by atomic mass is 35.5. The van der Waals surface area contributed by atoms with Gasteiger partial charge in [-0.2, -0.15) is 13.2 Å². The SMILES string of the molecule is Cc1nccn1Cc1cc(Cl)c(F)cc1N.FC(F)(F)c1cccc(P)c1. The van der Waals surface area contributed by atoms with Gasteiger partial charge in [0, 0.05) is 18.1 Å². The Bertz CT molecular complexity index is 925. The Morgan fingerprint density at radius 3 is 2.44 bits per heavy atom. The molecule has 0 aliphatic carbocycles. The van der Waals surface area contributed by atoms with E-state index in [-0.39, 0.29) is 5.02 Å². The number of nitrogens with two attached hydrogens (primary N) is 1. The molecule has 1 atom stereocenters. The third kappa shape index (κ3) is 5.94. The monoisotopic (exact) mass is 417 g/mol. The number of rotatable bonds is 2. The molecule has 0 spiro atoms. The van der Waals surface area contributed by atoms with E-state index in [1.54, 1.807) is 18.3 Å². The molecule has 0 aliphatic rings. The predicted octanol–water partition coefficient (Wildman–Crippen LogP) is 4.82. The first-order chi connectivity index (χ1) is 12.6. The second kappa shape index (κ2) is 8.72. The summed E-state index contributed by atoms with van der Waals surface area (Å²) in [5, 5.41) is 0.627. The maximum atomic E-state index is 13.1. The van der Waals surface area contributed by atoms with Crippen LogP contribution in [0.15, 0.2) is 48.8 Å². The molecular weight excluding hydrogens is 401 g/mol. The molecule has 0 saturated carbocycles. The highest BCUT2D eigenvalue weighted by molar-refractivity contribution is 7.27. The Labute approximate surface area is 161 Å². The number of benzene rings is 2. The number of alkyl halides is 3. The fraction of sp³-hybridized carbons (Fsp3) is 0.167. The van der Waals surface area contributed by atoms with Gasteiger partial charge >= 0.3 is 6.18 Å². The summed E-state index contributed by atoms with van der Waals surface area (Å²) in [5.41, 5.74) is 6.30. The van der Waals surface area contributed by atoms with Crippen LogP contribution in [0, 0.1) is 12.7 Å². The van der Waals surface area contributed by atoms with E-state index in [1.165, 1.54) is 12.1 Å². The number of aromatic nitrogens is 2. The largest absolute Gasteiger partial charge is 0.416 e. The normalized spacial score (nSPS) is 11.1. The Hall–Kier alpha value is -2.11. The highest BCUT2D eigenvalue weighted by Gasteiger charge is 2.29. The van der Waals surface area contributed by atoms with Crippen LogP contribution in [0.3, 0.4) is 0 Å². The first kappa shape index (κ1) is 21.2. The average Bonchev–Trinajstić information content (AvgIpc) is 2.97. The smallest absolute Gasteiger partial charge is 0.398 e. The van der Waals surface area contributed by atoms with Gasteiger partial charge in [-0.3, -0.25) is 0 Å². The number of halogens is 5. The summed E-state index contributed by atoms with van der Waals surface area (Å²) in [6, 6.07) is 7.90. The van der Waals surface area contributed by atoms with Crippen LogP contribution in [-0.4, -0.2) is 9.55 Å². The second-order valence-electron chi connectivity index (χ2n) is 5.69. The van der Waals surface area contributed by atoms with Crippen LogP contribution in [0.5, 0.6) is 0 Å². The Kier molecular flexibility index (Phi) is 6.84. The molecule has 3 aromatic rings. The zero-order valence-corrected chi connectivity index (χ0v) is 16.2. The van der Waals surface area contributed by atoms with Crippen molar-refractivity contribution in [1.29, 1.82) is 0 Å². The summed E-state index contributed by atoms with van der Waals surface area (Å²) in [7, 11) is 2.22. The van der Waals surface area contributed by atoms with Crippen molar-refractivity contribution in [3.05, 3.63) is 76.6 Å². The number of nitrogens with zero attached hydrogens (tertiary/aromatic N) is 2. The van der Waals surface area contributed by atoms with E-state index >= 15 is 0 Å². The summed E-state index contributed by atoms with van der Waals surface area (Å²) in [6.07, 6.45) is -0.685. The standard InChI is InChI=1S/C11H11ClFN3.C7H6F3P/c1-7-15-2-3-16(7)6-8-4-9(12)10(13)5-11(8)14;8-7(9,10)5-2-1-3-6(11)4-5/h2-5H,6,14H2,1H3;1-4H,11H2. The Morgan fingerprint density at radius 1 is 1.22 bits per heavy atom. The van der Waals surface area contributed by atoms with Crippen LogP contribution >= 0.6 is 20.8 Å². The zero-order chi connectivity index (χ0) is 20.2. The van der Waals surface area contributed by atoms with E-state index < -0.39 is 17.6 Å². The lowest BCUT2D eigenvalue weighted by atomic mass is 10.1. The number of nitrogen functional groups attached to an aromatic ring is 1. The molecule has 9 heteroatoms. The van der Waals surface area contributed by atoms with Crippen LogP contribution in [0.1, 0.15) is 17.0 Å². The third-order valence-corrected chi connectivity index (χ3v) is 4.31. The van der Waals surface area contributed by atoms with Gasteiger partial charge in [0.25, 0.3) is 0 Å². The van der Waals surface area contributed by atoms with Crippen LogP contribution in [0.4, 0.5) is 23.2 Å². The van der Waals surface area contributed by atoms with Gasteiger partial charge in [-0.25, -0.2) is 9.37 Å². The van der Waals surface area contributed by atoms with Crippen molar-refractivity contribution in [2.45, 2.75) is 19.6 Å². The Balaban J connectivity index is 0.000000208. The molecule has 1 heterocycles. The summed E-state index contributed by atoms with van der Waals surface area (Å²) in [5.74, 6) is 0.380. The van der Waals surface area contributed by atoms with Crippen LogP contribution < -0.4 is 11.0 Å². The number of imidazole rings is 1. The molecule has 0 fully saturated rings. The molecule has 3 nitrogen and oxygen atoms in total. The number of anilines is 1. The van der Waals surface area contributed by atoms with E-state index in [9.17, 15) is 17.6 Å². The van der Waals surface area contributed by atoms with Crippen LogP contribution in [0.25, 0.3) is 0 Å². The molecule has 144 valence electrons. The number of hydrogen-bond donors (Lipinski definition) is 1. The van der Waals surface area contributed by atoms with Gasteiger partial charge in [-0.1, -0.05) is 23.7 Å². The summed E-state index contributed by atoms with van der Waals surface area (Å²) in [4.78, 5) is 4.10. The first-order valence-electron chi connectivity index (χ1n) is 7.72. The van der Waals surface area contributed by atoms with Gasteiger partial charge < -0.3 is 10.3 Å². The van der Waals surface area contributed by atoms with Crippen LogP contribution in [-0.2, 0) is 12.7 Å². The molecule has 1 aromatic heterocycles. The maximum Gasteiger partial charge on any atom is 0.416 e. The van der Waals surface area contributed by atoms with Crippen LogP contribution in [0.2, 0.25) is 5.02 Å². The van der Waals surface area contributed by atoms with Crippen molar-refractivity contribution >= 4 is 31.8 Å². The van der Waals surface area contributed by atoms with Crippen molar-refractivity contribution in [2.24, 2.45) is 0 Å². The number of hydrogen-bond acceptors (Lipinski definition) is 2. The van der Waals surface area contributed by atoms with Gasteiger partial charge in [0.2, 0.25) is 0 Å². The lowest BCUT2D eigenvalue weighted by Crippen LogP contribution is -2.07. The summed E-state index contributed by atoms with van der Waals surface area (Å²) in [6.45, 7) is 2.43. The van der Waals surface area contributed by atoms with E-state index in [0.29, 0.717) is 17.5 Å². The highest BCUT2D eigenvalue weighted by Crippen LogP contribution is 2.28. The molecule has 1 unspecified atom stereocenters. The molecule has 0 radical (unpaired) electrons. The molecule has 2 aromatic carbocycles. The van der Waals surface area contributed by atoms with Gasteiger partial charge in [-0.05, 0) is 42.1 Å². The Morgan fingerprint density at radius 2 is 1.93 bits per heavy atom. The molecule has 0 saturated heterocycles. The molecule has 3 rings (SSSR count). The van der Waals surface area contributed by atoms with Crippen molar-refractivity contribution in [1.82, 2.24) is 9.55 Å². The van der Waals surface area contributed by atoms with Crippen molar-refractivity contribution < 1.29 is 17.6 Å². The average molecular weight is 418 g/mol. The zero-order valence-electron chi connectivity index (χ0n) is 14.3. The topological polar surface area (TPSA) is 43.8 Å². The minimum Gasteiger partial charge on any atom is -0.398 e. The van der Waals surface area contributed by atoms with Gasteiger partial charge in [0.1, 0.15) is 11.6 Å². The minimum absolute atomic E-state index is 0.0852. The quantitative estimate of drug-likeness (QED) is 0.369. The van der Waals surface area contributed by atoms with E-state index in [2.05, 4.69) is 14.2 Å². The number of aryl methyl sites for hydroxylation is 1. The van der Waals surface area contributed by atoms with E-state index in [1.807, 2.05) is 17.7 Å². The maximum absolute atomic E-state index is 13.1. The fourth-order valence-electron chi connectivity index (χ4n) is 2.21. The summed E-state index contributed by atoms with van der Waals surface area (Å²) >= 11 is 5.71. The molecule has 2 N–H and O–H groups in total. The minimum atomic E-state index is -4.23. The first-order valence-corrected chi connectivity index (χ1v) is 8.67. The van der Waals surface area contributed by atoms with Crippen molar-refractivity contribution in [3.63, 3.8) is 0 Å².